The second kappa shape index (κ2) is 4.79. The second-order valence-corrected chi connectivity index (χ2v) is 3.97. The first-order valence-corrected chi connectivity index (χ1v) is 5.50. The van der Waals surface area contributed by atoms with E-state index in [-0.39, 0.29) is 5.91 Å². The van der Waals surface area contributed by atoms with Gasteiger partial charge in [0.15, 0.2) is 0 Å². The molecule has 1 heterocycles. The number of carbonyl (C=O) groups excluding carboxylic acids is 1. The molecular formula is C10H10N4O2S. The van der Waals surface area contributed by atoms with Crippen molar-refractivity contribution in [2.24, 2.45) is 0 Å². The van der Waals surface area contributed by atoms with Gasteiger partial charge in [0.1, 0.15) is 10.8 Å². The van der Waals surface area contributed by atoms with Gasteiger partial charge in [0.2, 0.25) is 0 Å². The zero-order chi connectivity index (χ0) is 12.3. The number of hydrogen-bond acceptors (Lipinski definition) is 6. The van der Waals surface area contributed by atoms with Gasteiger partial charge in [-0.2, -0.15) is 0 Å². The quantitative estimate of drug-likeness (QED) is 0.803. The van der Waals surface area contributed by atoms with Crippen molar-refractivity contribution < 1.29 is 9.53 Å². The highest BCUT2D eigenvalue weighted by molar-refractivity contribution is 7.10. The van der Waals surface area contributed by atoms with Gasteiger partial charge in [0.05, 0.1) is 18.9 Å². The topological polar surface area (TPSA) is 90.1 Å². The molecule has 0 aliphatic rings. The summed E-state index contributed by atoms with van der Waals surface area (Å²) in [4.78, 5) is 11.9. The number of nitrogens with zero attached hydrogens (tertiary/aromatic N) is 2. The Labute approximate surface area is 102 Å². The van der Waals surface area contributed by atoms with Gasteiger partial charge in [-0.25, -0.2) is 0 Å². The van der Waals surface area contributed by atoms with Crippen LogP contribution in [0.2, 0.25) is 0 Å². The average Bonchev–Trinajstić information content (AvgIpc) is 2.81. The maximum absolute atomic E-state index is 11.9. The number of benzene rings is 1. The smallest absolute Gasteiger partial charge is 0.258 e. The maximum Gasteiger partial charge on any atom is 0.258 e. The predicted molar refractivity (Wildman–Crippen MR) is 65.3 cm³/mol. The third-order valence-corrected chi connectivity index (χ3v) is 2.68. The lowest BCUT2D eigenvalue weighted by atomic mass is 10.1. The molecule has 0 saturated carbocycles. The summed E-state index contributed by atoms with van der Waals surface area (Å²) in [5.74, 6) is 0.315. The number of anilines is 2. The maximum atomic E-state index is 11.9. The Morgan fingerprint density at radius 2 is 2.35 bits per heavy atom. The molecule has 0 atom stereocenters. The molecule has 0 fully saturated rings. The van der Waals surface area contributed by atoms with Gasteiger partial charge in [0.25, 0.3) is 5.91 Å². The minimum atomic E-state index is -0.295. The van der Waals surface area contributed by atoms with Crippen LogP contribution < -0.4 is 15.8 Å². The first kappa shape index (κ1) is 11.3. The van der Waals surface area contributed by atoms with Crippen molar-refractivity contribution in [1.82, 2.24) is 9.59 Å². The molecule has 6 nitrogen and oxygen atoms in total. The number of rotatable bonds is 3. The minimum Gasteiger partial charge on any atom is -0.497 e. The Morgan fingerprint density at radius 1 is 1.53 bits per heavy atom. The normalized spacial score (nSPS) is 9.94. The van der Waals surface area contributed by atoms with Crippen molar-refractivity contribution in [2.45, 2.75) is 0 Å². The summed E-state index contributed by atoms with van der Waals surface area (Å²) in [7, 11) is 1.54. The van der Waals surface area contributed by atoms with Gasteiger partial charge in [0, 0.05) is 23.3 Å². The number of nitrogens with one attached hydrogen (secondary N) is 1. The molecule has 0 bridgehead atoms. The third-order valence-electron chi connectivity index (χ3n) is 2.10. The number of carbonyl (C=O) groups is 1. The highest BCUT2D eigenvalue weighted by Gasteiger charge is 2.11. The fourth-order valence-corrected chi connectivity index (χ4v) is 1.69. The van der Waals surface area contributed by atoms with Gasteiger partial charge in [-0.3, -0.25) is 4.79 Å². The van der Waals surface area contributed by atoms with E-state index in [1.165, 1.54) is 13.3 Å². The molecule has 2 rings (SSSR count). The lowest BCUT2D eigenvalue weighted by Crippen LogP contribution is -2.13. The molecule has 0 spiro atoms. The summed E-state index contributed by atoms with van der Waals surface area (Å²) in [5.41, 5.74) is 6.51. The first-order chi connectivity index (χ1) is 8.20. The molecule has 0 saturated heterocycles. The molecule has 0 radical (unpaired) electrons. The van der Waals surface area contributed by atoms with E-state index in [9.17, 15) is 4.79 Å². The lowest BCUT2D eigenvalue weighted by Gasteiger charge is -2.07. The number of nitrogen functional groups attached to an aromatic ring is 1. The number of ether oxygens (including phenoxy) is 1. The van der Waals surface area contributed by atoms with Gasteiger partial charge < -0.3 is 15.8 Å². The van der Waals surface area contributed by atoms with Gasteiger partial charge in [-0.05, 0) is 12.1 Å². The van der Waals surface area contributed by atoms with Crippen molar-refractivity contribution in [3.8, 4) is 5.75 Å². The zero-order valence-corrected chi connectivity index (χ0v) is 9.82. The van der Waals surface area contributed by atoms with Crippen molar-refractivity contribution in [3.05, 3.63) is 30.0 Å². The highest BCUT2D eigenvalue weighted by Crippen LogP contribution is 2.21. The Bertz CT molecular complexity index is 527. The van der Waals surface area contributed by atoms with Gasteiger partial charge in [-0.1, -0.05) is 4.49 Å². The van der Waals surface area contributed by atoms with Crippen molar-refractivity contribution in [2.75, 3.05) is 18.2 Å². The van der Waals surface area contributed by atoms with Crippen LogP contribution in [0.15, 0.2) is 24.4 Å². The molecule has 1 amide bonds. The summed E-state index contributed by atoms with van der Waals surface area (Å²) in [6, 6.07) is 4.88. The largest absolute Gasteiger partial charge is 0.497 e. The van der Waals surface area contributed by atoms with Crippen LogP contribution in [0.1, 0.15) is 10.4 Å². The van der Waals surface area contributed by atoms with Crippen molar-refractivity contribution in [3.63, 3.8) is 0 Å². The molecule has 17 heavy (non-hydrogen) atoms. The van der Waals surface area contributed by atoms with Crippen molar-refractivity contribution >= 4 is 28.1 Å². The first-order valence-electron chi connectivity index (χ1n) is 4.73. The van der Waals surface area contributed by atoms with E-state index in [0.29, 0.717) is 22.0 Å². The Morgan fingerprint density at radius 3 is 2.94 bits per heavy atom. The third kappa shape index (κ3) is 2.51. The zero-order valence-electron chi connectivity index (χ0n) is 9.01. The number of aromatic nitrogens is 2. The van der Waals surface area contributed by atoms with Gasteiger partial charge in [-0.15, -0.1) is 5.10 Å². The van der Waals surface area contributed by atoms with E-state index in [4.69, 9.17) is 10.5 Å². The summed E-state index contributed by atoms with van der Waals surface area (Å²) in [5, 5.41) is 6.85. The fraction of sp³-hybridized carbons (Fsp3) is 0.100. The van der Waals surface area contributed by atoms with Crippen LogP contribution in [0.5, 0.6) is 5.75 Å². The van der Waals surface area contributed by atoms with Crippen LogP contribution >= 0.6 is 11.5 Å². The molecule has 0 aliphatic heterocycles. The summed E-state index contributed by atoms with van der Waals surface area (Å²) < 4.78 is 8.65. The van der Waals surface area contributed by atoms with Crippen LogP contribution in [0.25, 0.3) is 0 Å². The molecule has 0 aliphatic carbocycles. The van der Waals surface area contributed by atoms with Crippen molar-refractivity contribution in [1.29, 1.82) is 0 Å². The predicted octanol–water partition coefficient (Wildman–Crippen LogP) is 1.38. The number of hydrogen-bond donors (Lipinski definition) is 2. The van der Waals surface area contributed by atoms with E-state index >= 15 is 0 Å². The van der Waals surface area contributed by atoms with Crippen LogP contribution in [-0.4, -0.2) is 22.6 Å². The molecule has 88 valence electrons. The summed E-state index contributed by atoms with van der Waals surface area (Å²) >= 11 is 1.10. The molecule has 3 N–H and O–H groups in total. The molecule has 1 aromatic heterocycles. The summed E-state index contributed by atoms with van der Waals surface area (Å²) in [6.07, 6.45) is 1.47. The summed E-state index contributed by atoms with van der Waals surface area (Å²) in [6.45, 7) is 0. The number of nitrogens with two attached hydrogens (primary N) is 1. The molecular weight excluding hydrogens is 240 g/mol. The molecule has 2 aromatic rings. The van der Waals surface area contributed by atoms with E-state index in [1.54, 1.807) is 18.2 Å². The highest BCUT2D eigenvalue weighted by atomic mass is 32.1. The monoisotopic (exact) mass is 250 g/mol. The molecule has 7 heteroatoms. The second-order valence-electron chi connectivity index (χ2n) is 3.19. The SMILES string of the molecule is COc1ccc(C(=O)Nc2cnns2)c(N)c1. The van der Waals surface area contributed by atoms with E-state index in [1.807, 2.05) is 0 Å². The average molecular weight is 250 g/mol. The van der Waals surface area contributed by atoms with E-state index in [0.717, 1.165) is 11.5 Å². The Hall–Kier alpha value is -2.15. The van der Waals surface area contributed by atoms with E-state index < -0.39 is 0 Å². The standard InChI is InChI=1S/C10H10N4O2S/c1-16-6-2-3-7(8(11)4-6)10(15)13-9-5-12-14-17-9/h2-5H,11H2,1H3,(H,13,15). The van der Waals surface area contributed by atoms with Crippen LogP contribution in [-0.2, 0) is 0 Å². The Balaban J connectivity index is 2.19. The number of amides is 1. The van der Waals surface area contributed by atoms with Crippen LogP contribution in [0.4, 0.5) is 10.7 Å². The molecule has 0 unspecified atom stereocenters. The van der Waals surface area contributed by atoms with E-state index in [2.05, 4.69) is 14.9 Å². The van der Waals surface area contributed by atoms with Crippen LogP contribution in [0, 0.1) is 0 Å². The van der Waals surface area contributed by atoms with Crippen LogP contribution in [0.3, 0.4) is 0 Å². The van der Waals surface area contributed by atoms with Gasteiger partial charge >= 0.3 is 0 Å². The lowest BCUT2D eigenvalue weighted by molar-refractivity contribution is 0.102. The number of methoxy groups -OCH3 is 1. The molecule has 1 aromatic carbocycles. The fourth-order valence-electron chi connectivity index (χ4n) is 1.28. The minimum absolute atomic E-state index is 0.295. The Kier molecular flexibility index (Phi) is 3.20.